The molecule has 0 spiro atoms. The van der Waals surface area contributed by atoms with E-state index >= 15 is 0 Å². The Balaban J connectivity index is 0.00000272. The first-order valence-electron chi connectivity index (χ1n) is 10.9. The molecular weight excluding hydrogens is 503 g/mol. The molecule has 2 fully saturated rings. The molecule has 168 valence electrons. The van der Waals surface area contributed by atoms with Gasteiger partial charge in [0.25, 0.3) is 0 Å². The predicted octanol–water partition coefficient (Wildman–Crippen LogP) is 2.62. The number of nitrogens with one attached hydrogen (secondary N) is 1. The van der Waals surface area contributed by atoms with Gasteiger partial charge in [-0.2, -0.15) is 0 Å². The maximum absolute atomic E-state index is 4.70. The Hall–Kier alpha value is -2.17. The van der Waals surface area contributed by atoms with E-state index in [1.54, 1.807) is 12.4 Å². The molecule has 0 radical (unpaired) electrons. The fraction of sp³-hybridized carbons (Fsp3) is 0.545. The summed E-state index contributed by atoms with van der Waals surface area (Å²) in [7, 11) is 1.84. The van der Waals surface area contributed by atoms with Gasteiger partial charge in [-0.05, 0) is 36.5 Å². The van der Waals surface area contributed by atoms with Gasteiger partial charge in [-0.15, -0.1) is 24.0 Å². The van der Waals surface area contributed by atoms with Gasteiger partial charge in [0.1, 0.15) is 5.82 Å². The van der Waals surface area contributed by atoms with Crippen molar-refractivity contribution in [3.05, 3.63) is 42.4 Å². The molecule has 2 aromatic rings. The van der Waals surface area contributed by atoms with E-state index in [0.29, 0.717) is 0 Å². The van der Waals surface area contributed by atoms with Crippen LogP contribution in [0.2, 0.25) is 0 Å². The number of pyridine rings is 1. The molecule has 9 heteroatoms. The average Bonchev–Trinajstić information content (AvgIpc) is 2.81. The summed E-state index contributed by atoms with van der Waals surface area (Å²) < 4.78 is 0. The second kappa shape index (κ2) is 11.4. The van der Waals surface area contributed by atoms with Crippen LogP contribution in [0.25, 0.3) is 0 Å². The lowest BCUT2D eigenvalue weighted by Gasteiger charge is -2.36. The normalized spacial score (nSPS) is 18.0. The summed E-state index contributed by atoms with van der Waals surface area (Å²) in [5.41, 5.74) is 1.17. The number of hydrogen-bond donors (Lipinski definition) is 1. The van der Waals surface area contributed by atoms with Gasteiger partial charge in [0.2, 0.25) is 5.95 Å². The molecule has 0 amide bonds. The quantitative estimate of drug-likeness (QED) is 0.366. The van der Waals surface area contributed by atoms with E-state index in [-0.39, 0.29) is 24.0 Å². The van der Waals surface area contributed by atoms with Crippen LogP contribution in [0.1, 0.15) is 25.3 Å². The molecule has 4 heterocycles. The van der Waals surface area contributed by atoms with Crippen molar-refractivity contribution in [1.29, 1.82) is 0 Å². The van der Waals surface area contributed by atoms with Crippen LogP contribution in [0.4, 0.5) is 11.8 Å². The minimum atomic E-state index is 0. The van der Waals surface area contributed by atoms with Crippen LogP contribution in [0, 0.1) is 5.92 Å². The molecule has 2 aliphatic heterocycles. The van der Waals surface area contributed by atoms with E-state index in [9.17, 15) is 0 Å². The third-order valence-corrected chi connectivity index (χ3v) is 5.99. The number of guanidine groups is 1. The third kappa shape index (κ3) is 6.18. The van der Waals surface area contributed by atoms with Gasteiger partial charge < -0.3 is 20.0 Å². The molecule has 0 aromatic carbocycles. The SMILES string of the molecule is CN=C(NCc1ccc(N2CCC(C)CC2)nc1)N1CCN(c2ncccn2)CC1.I. The predicted molar refractivity (Wildman–Crippen MR) is 136 cm³/mol. The van der Waals surface area contributed by atoms with Crippen molar-refractivity contribution >= 4 is 41.7 Å². The van der Waals surface area contributed by atoms with Crippen molar-refractivity contribution in [3.8, 4) is 0 Å². The van der Waals surface area contributed by atoms with Gasteiger partial charge in [0, 0.05) is 71.5 Å². The second-order valence-electron chi connectivity index (χ2n) is 8.12. The number of anilines is 2. The lowest BCUT2D eigenvalue weighted by molar-refractivity contribution is 0.370. The highest BCUT2D eigenvalue weighted by molar-refractivity contribution is 14.0. The molecule has 0 unspecified atom stereocenters. The molecule has 2 aromatic heterocycles. The van der Waals surface area contributed by atoms with Crippen molar-refractivity contribution in [2.75, 3.05) is 56.1 Å². The van der Waals surface area contributed by atoms with Crippen LogP contribution >= 0.6 is 24.0 Å². The van der Waals surface area contributed by atoms with Gasteiger partial charge in [0.05, 0.1) is 0 Å². The Morgan fingerprint density at radius 3 is 2.32 bits per heavy atom. The molecule has 31 heavy (non-hydrogen) atoms. The number of aromatic nitrogens is 3. The molecule has 2 saturated heterocycles. The first-order valence-corrected chi connectivity index (χ1v) is 10.9. The van der Waals surface area contributed by atoms with Crippen molar-refractivity contribution in [2.45, 2.75) is 26.3 Å². The van der Waals surface area contributed by atoms with E-state index in [2.05, 4.69) is 54.0 Å². The van der Waals surface area contributed by atoms with E-state index in [4.69, 9.17) is 4.98 Å². The molecule has 4 rings (SSSR count). The number of rotatable bonds is 4. The zero-order valence-electron chi connectivity index (χ0n) is 18.4. The van der Waals surface area contributed by atoms with Crippen molar-refractivity contribution < 1.29 is 0 Å². The largest absolute Gasteiger partial charge is 0.357 e. The minimum absolute atomic E-state index is 0. The standard InChI is InChI=1S/C22H32N8.HI/c1-18-6-10-28(11-7-18)20-5-4-19(16-26-20)17-27-21(23-2)29-12-14-30(15-13-29)22-24-8-3-9-25-22;/h3-5,8-9,16,18H,6-7,10-15,17H2,1-2H3,(H,23,27);1H. The molecule has 2 aliphatic rings. The monoisotopic (exact) mass is 536 g/mol. The molecular formula is C22H33IN8. The number of hydrogen-bond acceptors (Lipinski definition) is 6. The van der Waals surface area contributed by atoms with Gasteiger partial charge in [-0.3, -0.25) is 4.99 Å². The number of piperidine rings is 1. The first-order chi connectivity index (χ1) is 14.7. The van der Waals surface area contributed by atoms with Gasteiger partial charge >= 0.3 is 0 Å². The maximum atomic E-state index is 4.70. The second-order valence-corrected chi connectivity index (χ2v) is 8.12. The van der Waals surface area contributed by atoms with E-state index in [0.717, 1.165) is 69.5 Å². The Labute approximate surface area is 202 Å². The summed E-state index contributed by atoms with van der Waals surface area (Å²) in [6.07, 6.45) is 8.08. The van der Waals surface area contributed by atoms with Crippen LogP contribution < -0.4 is 15.1 Å². The summed E-state index contributed by atoms with van der Waals surface area (Å²) >= 11 is 0. The summed E-state index contributed by atoms with van der Waals surface area (Å²) in [4.78, 5) is 24.8. The fourth-order valence-corrected chi connectivity index (χ4v) is 4.03. The zero-order valence-corrected chi connectivity index (χ0v) is 20.8. The summed E-state index contributed by atoms with van der Waals surface area (Å²) in [5.74, 6) is 3.65. The Bertz CT molecular complexity index is 813. The Morgan fingerprint density at radius 1 is 1.00 bits per heavy atom. The molecule has 8 nitrogen and oxygen atoms in total. The van der Waals surface area contributed by atoms with Crippen molar-refractivity contribution in [1.82, 2.24) is 25.2 Å². The summed E-state index contributed by atoms with van der Waals surface area (Å²) in [6, 6.07) is 6.17. The summed E-state index contributed by atoms with van der Waals surface area (Å²) in [6.45, 7) is 8.83. The fourth-order valence-electron chi connectivity index (χ4n) is 4.03. The van der Waals surface area contributed by atoms with E-state index < -0.39 is 0 Å². The van der Waals surface area contributed by atoms with Crippen LogP contribution in [0.3, 0.4) is 0 Å². The van der Waals surface area contributed by atoms with Gasteiger partial charge in [-0.25, -0.2) is 15.0 Å². The van der Waals surface area contributed by atoms with Crippen LogP contribution in [0.15, 0.2) is 41.8 Å². The molecule has 0 bridgehead atoms. The number of piperazine rings is 1. The van der Waals surface area contributed by atoms with E-state index in [1.807, 2.05) is 19.3 Å². The lowest BCUT2D eigenvalue weighted by Crippen LogP contribution is -2.52. The van der Waals surface area contributed by atoms with Crippen LogP contribution in [-0.2, 0) is 6.54 Å². The lowest BCUT2D eigenvalue weighted by atomic mass is 9.99. The Morgan fingerprint density at radius 2 is 1.71 bits per heavy atom. The first kappa shape index (κ1) is 23.5. The topological polar surface area (TPSA) is 72.8 Å². The van der Waals surface area contributed by atoms with E-state index in [1.165, 1.54) is 18.4 Å². The van der Waals surface area contributed by atoms with Crippen molar-refractivity contribution in [3.63, 3.8) is 0 Å². The van der Waals surface area contributed by atoms with Crippen LogP contribution in [-0.4, -0.2) is 72.1 Å². The minimum Gasteiger partial charge on any atom is -0.357 e. The van der Waals surface area contributed by atoms with Crippen molar-refractivity contribution in [2.24, 2.45) is 10.9 Å². The maximum Gasteiger partial charge on any atom is 0.225 e. The highest BCUT2D eigenvalue weighted by Crippen LogP contribution is 2.21. The average molecular weight is 536 g/mol. The van der Waals surface area contributed by atoms with Gasteiger partial charge in [0.15, 0.2) is 5.96 Å². The number of nitrogens with zero attached hydrogens (tertiary/aromatic N) is 7. The molecule has 1 N–H and O–H groups in total. The molecule has 0 atom stereocenters. The molecule has 0 saturated carbocycles. The third-order valence-electron chi connectivity index (χ3n) is 5.99. The Kier molecular flexibility index (Phi) is 8.68. The highest BCUT2D eigenvalue weighted by Gasteiger charge is 2.21. The van der Waals surface area contributed by atoms with Crippen LogP contribution in [0.5, 0.6) is 0 Å². The number of halogens is 1. The summed E-state index contributed by atoms with van der Waals surface area (Å²) in [5, 5.41) is 3.49. The molecule has 0 aliphatic carbocycles. The number of aliphatic imine (C=N–C) groups is 1. The smallest absolute Gasteiger partial charge is 0.225 e. The highest BCUT2D eigenvalue weighted by atomic mass is 127. The zero-order chi connectivity index (χ0) is 20.8. The van der Waals surface area contributed by atoms with Gasteiger partial charge in [-0.1, -0.05) is 13.0 Å².